The summed E-state index contributed by atoms with van der Waals surface area (Å²) >= 11 is 0. The summed E-state index contributed by atoms with van der Waals surface area (Å²) < 4.78 is 5.27. The van der Waals surface area contributed by atoms with E-state index in [9.17, 15) is 4.79 Å². The van der Waals surface area contributed by atoms with Crippen molar-refractivity contribution in [2.45, 2.75) is 59.8 Å². The first-order valence-corrected chi connectivity index (χ1v) is 8.13. The van der Waals surface area contributed by atoms with Gasteiger partial charge in [0.05, 0.1) is 6.61 Å². The number of unbranched alkanes of at least 4 members (excludes halogenated alkanes) is 2. The standard InChI is InChI=1S/C17H36N2O2/c1-16(2,12-17(3,4)14-21-6)13-19-15(20)10-8-7-9-11-18-5/h18H,7-14H2,1-6H3,(H,19,20). The summed E-state index contributed by atoms with van der Waals surface area (Å²) in [5.41, 5.74) is 0.222. The third-order valence-electron chi connectivity index (χ3n) is 3.59. The van der Waals surface area contributed by atoms with Crippen LogP contribution in [0.1, 0.15) is 59.8 Å². The molecule has 0 saturated carbocycles. The molecule has 0 aliphatic carbocycles. The maximum Gasteiger partial charge on any atom is 0.220 e. The highest BCUT2D eigenvalue weighted by Crippen LogP contribution is 2.33. The molecular weight excluding hydrogens is 264 g/mol. The normalized spacial score (nSPS) is 12.5. The minimum Gasteiger partial charge on any atom is -0.384 e. The second-order valence-electron chi connectivity index (χ2n) is 7.63. The fraction of sp³-hybridized carbons (Fsp3) is 0.941. The van der Waals surface area contributed by atoms with Crippen molar-refractivity contribution in [3.63, 3.8) is 0 Å². The van der Waals surface area contributed by atoms with Crippen LogP contribution in [0.3, 0.4) is 0 Å². The molecule has 4 heteroatoms. The maximum absolute atomic E-state index is 11.9. The molecule has 0 unspecified atom stereocenters. The quantitative estimate of drug-likeness (QED) is 0.545. The summed E-state index contributed by atoms with van der Waals surface area (Å²) in [5.74, 6) is 0.178. The fourth-order valence-electron chi connectivity index (χ4n) is 2.99. The molecule has 0 aromatic carbocycles. The van der Waals surface area contributed by atoms with Crippen LogP contribution in [0.25, 0.3) is 0 Å². The van der Waals surface area contributed by atoms with Gasteiger partial charge >= 0.3 is 0 Å². The molecule has 0 spiro atoms. The van der Waals surface area contributed by atoms with Gasteiger partial charge in [-0.25, -0.2) is 0 Å². The largest absolute Gasteiger partial charge is 0.384 e. The van der Waals surface area contributed by atoms with Gasteiger partial charge in [0.1, 0.15) is 0 Å². The van der Waals surface area contributed by atoms with E-state index >= 15 is 0 Å². The number of carbonyl (C=O) groups excluding carboxylic acids is 1. The summed E-state index contributed by atoms with van der Waals surface area (Å²) in [5, 5.41) is 6.21. The van der Waals surface area contributed by atoms with E-state index < -0.39 is 0 Å². The van der Waals surface area contributed by atoms with Gasteiger partial charge in [0.2, 0.25) is 5.91 Å². The van der Waals surface area contributed by atoms with Gasteiger partial charge in [0.15, 0.2) is 0 Å². The van der Waals surface area contributed by atoms with E-state index in [2.05, 4.69) is 38.3 Å². The Morgan fingerprint density at radius 2 is 1.71 bits per heavy atom. The van der Waals surface area contributed by atoms with Crippen molar-refractivity contribution >= 4 is 5.91 Å². The molecular formula is C17H36N2O2. The number of rotatable bonds is 12. The molecule has 1 amide bonds. The highest BCUT2D eigenvalue weighted by molar-refractivity contribution is 5.75. The van der Waals surface area contributed by atoms with Crippen molar-refractivity contribution in [1.29, 1.82) is 0 Å². The fourth-order valence-corrected chi connectivity index (χ4v) is 2.99. The number of carbonyl (C=O) groups is 1. The molecule has 0 fully saturated rings. The molecule has 0 atom stereocenters. The lowest BCUT2D eigenvalue weighted by atomic mass is 9.75. The van der Waals surface area contributed by atoms with Gasteiger partial charge in [0.25, 0.3) is 0 Å². The molecule has 0 aliphatic rings. The highest BCUT2D eigenvalue weighted by atomic mass is 16.5. The second-order valence-corrected chi connectivity index (χ2v) is 7.63. The summed E-state index contributed by atoms with van der Waals surface area (Å²) in [6.45, 7) is 11.3. The Morgan fingerprint density at radius 3 is 2.29 bits per heavy atom. The van der Waals surface area contributed by atoms with Crippen molar-refractivity contribution in [2.24, 2.45) is 10.8 Å². The van der Waals surface area contributed by atoms with Gasteiger partial charge in [-0.3, -0.25) is 4.79 Å². The maximum atomic E-state index is 11.9. The first-order valence-electron chi connectivity index (χ1n) is 8.13. The summed E-state index contributed by atoms with van der Waals surface area (Å²) in [6, 6.07) is 0. The minimum absolute atomic E-state index is 0.0871. The highest BCUT2D eigenvalue weighted by Gasteiger charge is 2.29. The van der Waals surface area contributed by atoms with Crippen LogP contribution in [0.5, 0.6) is 0 Å². The van der Waals surface area contributed by atoms with Gasteiger partial charge in [-0.1, -0.05) is 34.1 Å². The minimum atomic E-state index is 0.0871. The third kappa shape index (κ3) is 11.7. The topological polar surface area (TPSA) is 50.4 Å². The zero-order chi connectivity index (χ0) is 16.4. The van der Waals surface area contributed by atoms with Crippen LogP contribution in [0.15, 0.2) is 0 Å². The lowest BCUT2D eigenvalue weighted by molar-refractivity contribution is -0.121. The Balaban J connectivity index is 3.93. The molecule has 0 saturated heterocycles. The first kappa shape index (κ1) is 20.4. The molecule has 0 heterocycles. The van der Waals surface area contributed by atoms with Gasteiger partial charge in [-0.2, -0.15) is 0 Å². The van der Waals surface area contributed by atoms with Crippen LogP contribution in [0, 0.1) is 10.8 Å². The van der Waals surface area contributed by atoms with Crippen LogP contribution in [0.4, 0.5) is 0 Å². The van der Waals surface area contributed by atoms with Gasteiger partial charge in [0, 0.05) is 20.1 Å². The molecule has 4 nitrogen and oxygen atoms in total. The number of hydrogen-bond donors (Lipinski definition) is 2. The summed E-state index contributed by atoms with van der Waals surface area (Å²) in [4.78, 5) is 11.9. The van der Waals surface area contributed by atoms with E-state index in [1.54, 1.807) is 7.11 Å². The molecule has 21 heavy (non-hydrogen) atoms. The number of amides is 1. The molecule has 126 valence electrons. The van der Waals surface area contributed by atoms with Crippen LogP contribution in [-0.4, -0.2) is 39.8 Å². The molecule has 0 aromatic rings. The van der Waals surface area contributed by atoms with Crippen LogP contribution in [-0.2, 0) is 9.53 Å². The average Bonchev–Trinajstić information content (AvgIpc) is 2.35. The SMILES string of the molecule is CNCCCCCC(=O)NCC(C)(C)CC(C)(C)COC. The number of methoxy groups -OCH3 is 1. The zero-order valence-corrected chi connectivity index (χ0v) is 15.0. The molecule has 0 aromatic heterocycles. The molecule has 2 N–H and O–H groups in total. The van der Waals surface area contributed by atoms with E-state index in [1.165, 1.54) is 0 Å². The molecule has 0 aliphatic heterocycles. The second kappa shape index (κ2) is 10.2. The van der Waals surface area contributed by atoms with Crippen molar-refractivity contribution in [1.82, 2.24) is 10.6 Å². The number of hydrogen-bond acceptors (Lipinski definition) is 3. The Labute approximate surface area is 131 Å². The number of nitrogens with one attached hydrogen (secondary N) is 2. The van der Waals surface area contributed by atoms with Crippen LogP contribution in [0.2, 0.25) is 0 Å². The number of ether oxygens (including phenoxy) is 1. The van der Waals surface area contributed by atoms with E-state index in [-0.39, 0.29) is 16.7 Å². The summed E-state index contributed by atoms with van der Waals surface area (Å²) in [6.07, 6.45) is 4.89. The van der Waals surface area contributed by atoms with E-state index in [0.29, 0.717) is 6.42 Å². The first-order chi connectivity index (χ1) is 9.72. The van der Waals surface area contributed by atoms with E-state index in [0.717, 1.165) is 45.4 Å². The van der Waals surface area contributed by atoms with Crippen LogP contribution >= 0.6 is 0 Å². The van der Waals surface area contributed by atoms with E-state index in [4.69, 9.17) is 4.74 Å². The Bertz CT molecular complexity index is 289. The Hall–Kier alpha value is -0.610. The summed E-state index contributed by atoms with van der Waals surface area (Å²) in [7, 11) is 3.70. The zero-order valence-electron chi connectivity index (χ0n) is 15.0. The van der Waals surface area contributed by atoms with Crippen molar-refractivity contribution < 1.29 is 9.53 Å². The molecule has 0 rings (SSSR count). The third-order valence-corrected chi connectivity index (χ3v) is 3.59. The molecule has 0 radical (unpaired) electrons. The predicted octanol–water partition coefficient (Wildman–Crippen LogP) is 2.97. The molecule has 0 bridgehead atoms. The Kier molecular flexibility index (Phi) is 9.88. The lowest BCUT2D eigenvalue weighted by Crippen LogP contribution is -2.37. The van der Waals surface area contributed by atoms with Gasteiger partial charge in [-0.05, 0) is 43.7 Å². The van der Waals surface area contributed by atoms with Crippen LogP contribution < -0.4 is 10.6 Å². The van der Waals surface area contributed by atoms with Gasteiger partial charge in [-0.15, -0.1) is 0 Å². The monoisotopic (exact) mass is 300 g/mol. The van der Waals surface area contributed by atoms with E-state index in [1.807, 2.05) is 7.05 Å². The van der Waals surface area contributed by atoms with Gasteiger partial charge < -0.3 is 15.4 Å². The lowest BCUT2D eigenvalue weighted by Gasteiger charge is -2.34. The van der Waals surface area contributed by atoms with Crippen molar-refractivity contribution in [2.75, 3.05) is 33.9 Å². The average molecular weight is 300 g/mol. The smallest absolute Gasteiger partial charge is 0.220 e. The van der Waals surface area contributed by atoms with Crippen molar-refractivity contribution in [3.8, 4) is 0 Å². The predicted molar refractivity (Wildman–Crippen MR) is 89.5 cm³/mol. The Morgan fingerprint density at radius 1 is 1.05 bits per heavy atom. The van der Waals surface area contributed by atoms with Crippen molar-refractivity contribution in [3.05, 3.63) is 0 Å².